The van der Waals surface area contributed by atoms with Crippen molar-refractivity contribution < 1.29 is 0 Å². The third-order valence-corrected chi connectivity index (χ3v) is 3.78. The first-order valence-electron chi connectivity index (χ1n) is 4.12. The van der Waals surface area contributed by atoms with Gasteiger partial charge >= 0.3 is 0 Å². The lowest BCUT2D eigenvalue weighted by Crippen LogP contribution is -1.86. The maximum Gasteiger partial charge on any atom is 0.0693 e. The van der Waals surface area contributed by atoms with Gasteiger partial charge in [-0.2, -0.15) is 0 Å². The van der Waals surface area contributed by atoms with Crippen LogP contribution in [0, 0.1) is 0 Å². The summed E-state index contributed by atoms with van der Waals surface area (Å²) in [6.45, 7) is 2.17. The van der Waals surface area contributed by atoms with Gasteiger partial charge in [-0.1, -0.05) is 31.4 Å². The lowest BCUT2D eigenvalue weighted by molar-refractivity contribution is 0.707. The van der Waals surface area contributed by atoms with E-state index in [2.05, 4.69) is 6.92 Å². The van der Waals surface area contributed by atoms with E-state index in [-0.39, 0.29) is 5.38 Å². The van der Waals surface area contributed by atoms with E-state index >= 15 is 0 Å². The summed E-state index contributed by atoms with van der Waals surface area (Å²) < 4.78 is 0. The number of alkyl halides is 1. The third-order valence-electron chi connectivity index (χ3n) is 1.74. The van der Waals surface area contributed by atoms with E-state index in [1.54, 1.807) is 11.3 Å². The molecule has 0 aromatic carbocycles. The van der Waals surface area contributed by atoms with Crippen LogP contribution < -0.4 is 0 Å². The van der Waals surface area contributed by atoms with Crippen LogP contribution in [0.25, 0.3) is 0 Å². The Kier molecular flexibility index (Phi) is 4.41. The van der Waals surface area contributed by atoms with Crippen molar-refractivity contribution in [3.05, 3.63) is 21.3 Å². The molecule has 1 rings (SSSR count). The average Bonchev–Trinajstić information content (AvgIpc) is 2.47. The molecule has 1 unspecified atom stereocenters. The summed E-state index contributed by atoms with van der Waals surface area (Å²) in [5, 5.41) is 2.91. The van der Waals surface area contributed by atoms with Crippen LogP contribution in [0.15, 0.2) is 11.4 Å². The Hall–Kier alpha value is 0.280. The zero-order valence-electron chi connectivity index (χ0n) is 7.02. The first-order valence-corrected chi connectivity index (χ1v) is 5.82. The summed E-state index contributed by atoms with van der Waals surface area (Å²) in [5.41, 5.74) is 0. The van der Waals surface area contributed by atoms with E-state index in [0.717, 1.165) is 16.3 Å². The minimum absolute atomic E-state index is 0.109. The number of unbranched alkanes of at least 4 members (excludes halogenated alkanes) is 1. The molecule has 0 bridgehead atoms. The molecule has 1 atom stereocenters. The molecule has 0 saturated heterocycles. The molecule has 3 heteroatoms. The van der Waals surface area contributed by atoms with Crippen LogP contribution >= 0.6 is 34.5 Å². The molecular formula is C9H12Cl2S. The molecule has 68 valence electrons. The molecular weight excluding hydrogens is 211 g/mol. The van der Waals surface area contributed by atoms with Crippen molar-refractivity contribution in [3.8, 4) is 0 Å². The van der Waals surface area contributed by atoms with Gasteiger partial charge in [-0.15, -0.1) is 22.9 Å². The summed E-state index contributed by atoms with van der Waals surface area (Å²) in [7, 11) is 0. The van der Waals surface area contributed by atoms with E-state index in [9.17, 15) is 0 Å². The van der Waals surface area contributed by atoms with Crippen LogP contribution in [0.2, 0.25) is 5.02 Å². The summed E-state index contributed by atoms with van der Waals surface area (Å²) >= 11 is 13.7. The number of halogens is 2. The summed E-state index contributed by atoms with van der Waals surface area (Å²) in [6, 6.07) is 1.91. The van der Waals surface area contributed by atoms with E-state index in [1.165, 1.54) is 12.8 Å². The Morgan fingerprint density at radius 1 is 1.58 bits per heavy atom. The van der Waals surface area contributed by atoms with Gasteiger partial charge in [-0.05, 0) is 17.9 Å². The monoisotopic (exact) mass is 222 g/mol. The molecule has 0 spiro atoms. The summed E-state index contributed by atoms with van der Waals surface area (Å²) in [4.78, 5) is 1.12. The normalized spacial score (nSPS) is 13.2. The number of rotatable bonds is 4. The van der Waals surface area contributed by atoms with Gasteiger partial charge in [0.05, 0.1) is 10.4 Å². The SMILES string of the molecule is CCCCC(Cl)c1sccc1Cl. The van der Waals surface area contributed by atoms with Crippen molar-refractivity contribution in [2.45, 2.75) is 31.6 Å². The molecule has 0 fully saturated rings. The van der Waals surface area contributed by atoms with Crippen LogP contribution in [0.5, 0.6) is 0 Å². The van der Waals surface area contributed by atoms with Crippen LogP contribution in [-0.4, -0.2) is 0 Å². The first-order chi connectivity index (χ1) is 5.75. The topological polar surface area (TPSA) is 0 Å². The fourth-order valence-corrected chi connectivity index (χ4v) is 2.73. The molecule has 0 radical (unpaired) electrons. The quantitative estimate of drug-likeness (QED) is 0.638. The van der Waals surface area contributed by atoms with Gasteiger partial charge in [-0.3, -0.25) is 0 Å². The van der Waals surface area contributed by atoms with Gasteiger partial charge in [0.1, 0.15) is 0 Å². The van der Waals surface area contributed by atoms with Crippen molar-refractivity contribution >= 4 is 34.5 Å². The van der Waals surface area contributed by atoms with Gasteiger partial charge in [0.25, 0.3) is 0 Å². The van der Waals surface area contributed by atoms with Crippen LogP contribution in [0.3, 0.4) is 0 Å². The second-order valence-electron chi connectivity index (χ2n) is 2.74. The first kappa shape index (κ1) is 10.4. The molecule has 12 heavy (non-hydrogen) atoms. The second-order valence-corrected chi connectivity index (χ2v) is 4.62. The van der Waals surface area contributed by atoms with Gasteiger partial charge < -0.3 is 0 Å². The van der Waals surface area contributed by atoms with Gasteiger partial charge in [-0.25, -0.2) is 0 Å². The Bertz CT molecular complexity index is 232. The highest BCUT2D eigenvalue weighted by Crippen LogP contribution is 2.35. The molecule has 0 aliphatic heterocycles. The fraction of sp³-hybridized carbons (Fsp3) is 0.556. The Balaban J connectivity index is 2.52. The van der Waals surface area contributed by atoms with Crippen molar-refractivity contribution in [1.82, 2.24) is 0 Å². The molecule has 1 aromatic rings. The zero-order chi connectivity index (χ0) is 8.97. The molecule has 0 aliphatic carbocycles. The maximum atomic E-state index is 6.16. The molecule has 0 N–H and O–H groups in total. The molecule has 0 aliphatic rings. The molecule has 1 heterocycles. The highest BCUT2D eigenvalue weighted by molar-refractivity contribution is 7.11. The standard InChI is InChI=1S/C9H12Cl2S/c1-2-3-4-7(10)9-8(11)5-6-12-9/h5-7H,2-4H2,1H3. The van der Waals surface area contributed by atoms with Crippen LogP contribution in [0.1, 0.15) is 36.4 Å². The van der Waals surface area contributed by atoms with Gasteiger partial charge in [0, 0.05) is 4.88 Å². The molecule has 0 nitrogen and oxygen atoms in total. The van der Waals surface area contributed by atoms with E-state index < -0.39 is 0 Å². The lowest BCUT2D eigenvalue weighted by atomic mass is 10.2. The maximum absolute atomic E-state index is 6.16. The molecule has 0 amide bonds. The van der Waals surface area contributed by atoms with Crippen molar-refractivity contribution in [2.75, 3.05) is 0 Å². The summed E-state index contributed by atoms with van der Waals surface area (Å²) in [6.07, 6.45) is 3.38. The fourth-order valence-electron chi connectivity index (χ4n) is 1.04. The number of hydrogen-bond donors (Lipinski definition) is 0. The van der Waals surface area contributed by atoms with E-state index in [4.69, 9.17) is 23.2 Å². The highest BCUT2D eigenvalue weighted by Gasteiger charge is 2.11. The number of thiophene rings is 1. The summed E-state index contributed by atoms with van der Waals surface area (Å²) in [5.74, 6) is 0. The number of hydrogen-bond acceptors (Lipinski definition) is 1. The van der Waals surface area contributed by atoms with Crippen LogP contribution in [0.4, 0.5) is 0 Å². The Labute approximate surface area is 87.5 Å². The highest BCUT2D eigenvalue weighted by atomic mass is 35.5. The molecule has 1 aromatic heterocycles. The Morgan fingerprint density at radius 2 is 2.33 bits per heavy atom. The van der Waals surface area contributed by atoms with E-state index in [1.807, 2.05) is 11.4 Å². The minimum atomic E-state index is 0.109. The van der Waals surface area contributed by atoms with Crippen LogP contribution in [-0.2, 0) is 0 Å². The third kappa shape index (κ3) is 2.65. The van der Waals surface area contributed by atoms with Crippen molar-refractivity contribution in [2.24, 2.45) is 0 Å². The largest absolute Gasteiger partial charge is 0.146 e. The van der Waals surface area contributed by atoms with Gasteiger partial charge in [0.2, 0.25) is 0 Å². The average molecular weight is 223 g/mol. The second kappa shape index (κ2) is 5.11. The van der Waals surface area contributed by atoms with E-state index in [0.29, 0.717) is 0 Å². The Morgan fingerprint density at radius 3 is 2.83 bits per heavy atom. The predicted octanol–water partition coefficient (Wildman–Crippen LogP) is 4.87. The van der Waals surface area contributed by atoms with Gasteiger partial charge in [0.15, 0.2) is 0 Å². The minimum Gasteiger partial charge on any atom is -0.146 e. The van der Waals surface area contributed by atoms with Crippen molar-refractivity contribution in [3.63, 3.8) is 0 Å². The lowest BCUT2D eigenvalue weighted by Gasteiger charge is -2.05. The smallest absolute Gasteiger partial charge is 0.0693 e. The predicted molar refractivity (Wildman–Crippen MR) is 57.4 cm³/mol. The zero-order valence-corrected chi connectivity index (χ0v) is 9.35. The molecule has 0 saturated carbocycles. The van der Waals surface area contributed by atoms with Crippen molar-refractivity contribution in [1.29, 1.82) is 0 Å².